The Balaban J connectivity index is 0.00000113. The zero-order chi connectivity index (χ0) is 15.8. The monoisotopic (exact) mass is 376 g/mol. The maximum absolute atomic E-state index is 5.68. The van der Waals surface area contributed by atoms with Crippen molar-refractivity contribution in [3.05, 3.63) is 60.7 Å². The van der Waals surface area contributed by atoms with Gasteiger partial charge in [-0.1, -0.05) is 24.3 Å². The van der Waals surface area contributed by atoms with Gasteiger partial charge in [-0.25, -0.2) is 0 Å². The minimum absolute atomic E-state index is 0. The van der Waals surface area contributed by atoms with Gasteiger partial charge in [-0.15, -0.1) is 35.0 Å². The number of pyridine rings is 1. The number of hydrogen-bond acceptors (Lipinski definition) is 4. The van der Waals surface area contributed by atoms with Crippen LogP contribution in [0.4, 0.5) is 0 Å². The van der Waals surface area contributed by atoms with Crippen molar-refractivity contribution in [1.82, 2.24) is 24.4 Å². The molecule has 4 aromatic rings. The standard InChI is InChI=1S/C17H16N6.2ClH/c1-22-10-15(9-20-22)14-6-16(23-11-19-21-17(23)7-14)13-4-2-12(8-18)3-5-13;;/h2-7,9-11H,8,18H2,1H3;2*1H. The molecule has 3 heterocycles. The second-order valence-electron chi connectivity index (χ2n) is 5.49. The Morgan fingerprint density at radius 1 is 1.00 bits per heavy atom. The molecule has 0 saturated carbocycles. The first-order valence-corrected chi connectivity index (χ1v) is 7.37. The number of aryl methyl sites for hydroxylation is 1. The Morgan fingerprint density at radius 2 is 1.76 bits per heavy atom. The zero-order valence-electron chi connectivity index (χ0n) is 13.5. The van der Waals surface area contributed by atoms with E-state index in [1.54, 1.807) is 11.0 Å². The molecule has 0 bridgehead atoms. The van der Waals surface area contributed by atoms with Gasteiger partial charge in [0, 0.05) is 25.4 Å². The number of halogens is 2. The highest BCUT2D eigenvalue weighted by molar-refractivity contribution is 5.85. The lowest BCUT2D eigenvalue weighted by Gasteiger charge is -2.09. The maximum Gasteiger partial charge on any atom is 0.161 e. The Hall–Kier alpha value is -2.41. The number of rotatable bonds is 3. The Bertz CT molecular complexity index is 974. The van der Waals surface area contributed by atoms with Crippen LogP contribution in [0, 0.1) is 0 Å². The molecule has 6 nitrogen and oxygen atoms in total. The second-order valence-corrected chi connectivity index (χ2v) is 5.49. The van der Waals surface area contributed by atoms with Gasteiger partial charge in [0.25, 0.3) is 0 Å². The van der Waals surface area contributed by atoms with Crippen molar-refractivity contribution in [2.45, 2.75) is 6.54 Å². The van der Waals surface area contributed by atoms with E-state index < -0.39 is 0 Å². The number of benzene rings is 1. The summed E-state index contributed by atoms with van der Waals surface area (Å²) in [7, 11) is 1.91. The molecule has 1 aromatic carbocycles. The van der Waals surface area contributed by atoms with Gasteiger partial charge < -0.3 is 5.73 Å². The average Bonchev–Trinajstić information content (AvgIpc) is 3.22. The fourth-order valence-electron chi connectivity index (χ4n) is 2.70. The molecule has 25 heavy (non-hydrogen) atoms. The molecule has 0 saturated heterocycles. The summed E-state index contributed by atoms with van der Waals surface area (Å²) in [6.07, 6.45) is 5.57. The van der Waals surface area contributed by atoms with Gasteiger partial charge >= 0.3 is 0 Å². The van der Waals surface area contributed by atoms with Gasteiger partial charge in [0.15, 0.2) is 5.65 Å². The molecule has 0 radical (unpaired) electrons. The number of nitrogens with two attached hydrogens (primary N) is 1. The van der Waals surface area contributed by atoms with Crippen LogP contribution in [0.1, 0.15) is 5.56 Å². The number of nitrogens with zero attached hydrogens (tertiary/aromatic N) is 5. The van der Waals surface area contributed by atoms with E-state index in [0.717, 1.165) is 33.6 Å². The number of hydrogen-bond donors (Lipinski definition) is 1. The van der Waals surface area contributed by atoms with E-state index in [1.165, 1.54) is 0 Å². The van der Waals surface area contributed by atoms with Crippen molar-refractivity contribution in [3.8, 4) is 22.4 Å². The first-order valence-electron chi connectivity index (χ1n) is 7.37. The normalized spacial score (nSPS) is 10.3. The molecule has 0 atom stereocenters. The smallest absolute Gasteiger partial charge is 0.161 e. The van der Waals surface area contributed by atoms with E-state index in [2.05, 4.69) is 33.5 Å². The average molecular weight is 377 g/mol. The Morgan fingerprint density at radius 3 is 2.40 bits per heavy atom. The van der Waals surface area contributed by atoms with Gasteiger partial charge in [-0.05, 0) is 28.8 Å². The van der Waals surface area contributed by atoms with E-state index in [0.29, 0.717) is 6.54 Å². The van der Waals surface area contributed by atoms with E-state index >= 15 is 0 Å². The minimum Gasteiger partial charge on any atom is -0.326 e. The zero-order valence-corrected chi connectivity index (χ0v) is 15.2. The van der Waals surface area contributed by atoms with Gasteiger partial charge in [0.1, 0.15) is 6.33 Å². The van der Waals surface area contributed by atoms with Gasteiger partial charge in [0.05, 0.1) is 11.9 Å². The molecule has 130 valence electrons. The van der Waals surface area contributed by atoms with Crippen molar-refractivity contribution in [3.63, 3.8) is 0 Å². The molecule has 0 aliphatic rings. The summed E-state index contributed by atoms with van der Waals surface area (Å²) in [6, 6.07) is 12.4. The SMILES string of the molecule is Cl.Cl.Cn1cc(-c2cc(-c3ccc(CN)cc3)n3cnnc3c2)cn1. The molecular weight excluding hydrogens is 359 g/mol. The lowest BCUT2D eigenvalue weighted by atomic mass is 10.0. The highest BCUT2D eigenvalue weighted by Crippen LogP contribution is 2.28. The molecule has 8 heteroatoms. The maximum atomic E-state index is 5.68. The summed E-state index contributed by atoms with van der Waals surface area (Å²) in [6.45, 7) is 0.540. The molecule has 3 aromatic heterocycles. The second kappa shape index (κ2) is 7.65. The van der Waals surface area contributed by atoms with Gasteiger partial charge in [-0.3, -0.25) is 9.08 Å². The van der Waals surface area contributed by atoms with Crippen molar-refractivity contribution in [2.24, 2.45) is 12.8 Å². The fourth-order valence-corrected chi connectivity index (χ4v) is 2.70. The van der Waals surface area contributed by atoms with Crippen LogP contribution >= 0.6 is 24.8 Å². The first kappa shape index (κ1) is 18.9. The van der Waals surface area contributed by atoms with Crippen molar-refractivity contribution < 1.29 is 0 Å². The summed E-state index contributed by atoms with van der Waals surface area (Å²) < 4.78 is 3.77. The molecule has 0 spiro atoms. The quantitative estimate of drug-likeness (QED) is 0.596. The van der Waals surface area contributed by atoms with Crippen molar-refractivity contribution in [1.29, 1.82) is 0 Å². The summed E-state index contributed by atoms with van der Waals surface area (Å²) in [5.74, 6) is 0. The van der Waals surface area contributed by atoms with Gasteiger partial charge in [0.2, 0.25) is 0 Å². The summed E-state index contributed by atoms with van der Waals surface area (Å²) in [5.41, 5.74) is 11.9. The molecule has 0 fully saturated rings. The Kier molecular flexibility index (Phi) is 5.79. The Labute approximate surface area is 157 Å². The molecule has 2 N–H and O–H groups in total. The third kappa shape index (κ3) is 3.51. The lowest BCUT2D eigenvalue weighted by Crippen LogP contribution is -1.96. The summed E-state index contributed by atoms with van der Waals surface area (Å²) >= 11 is 0. The number of aromatic nitrogens is 5. The van der Waals surface area contributed by atoms with Crippen LogP contribution in [0.3, 0.4) is 0 Å². The van der Waals surface area contributed by atoms with Crippen molar-refractivity contribution >= 4 is 30.5 Å². The number of fused-ring (bicyclic) bond motifs is 1. The fraction of sp³-hybridized carbons (Fsp3) is 0.118. The molecule has 0 aliphatic carbocycles. The first-order chi connectivity index (χ1) is 11.2. The highest BCUT2D eigenvalue weighted by Gasteiger charge is 2.10. The third-order valence-electron chi connectivity index (χ3n) is 3.93. The molecule has 0 unspecified atom stereocenters. The van der Waals surface area contributed by atoms with E-state index in [9.17, 15) is 0 Å². The highest BCUT2D eigenvalue weighted by atomic mass is 35.5. The predicted octanol–water partition coefficient (Wildman–Crippen LogP) is 3.10. The topological polar surface area (TPSA) is 74.0 Å². The van der Waals surface area contributed by atoms with Crippen molar-refractivity contribution in [2.75, 3.05) is 0 Å². The van der Waals surface area contributed by atoms with Crippen LogP contribution in [0.5, 0.6) is 0 Å². The molecule has 4 rings (SSSR count). The van der Waals surface area contributed by atoms with Crippen LogP contribution in [0.25, 0.3) is 28.0 Å². The molecule has 0 aliphatic heterocycles. The van der Waals surface area contributed by atoms with E-state index in [4.69, 9.17) is 5.73 Å². The summed E-state index contributed by atoms with van der Waals surface area (Å²) in [5, 5.41) is 12.5. The largest absolute Gasteiger partial charge is 0.326 e. The van der Waals surface area contributed by atoms with Crippen LogP contribution in [-0.2, 0) is 13.6 Å². The summed E-state index contributed by atoms with van der Waals surface area (Å²) in [4.78, 5) is 0. The molecular formula is C17H18Cl2N6. The third-order valence-corrected chi connectivity index (χ3v) is 3.93. The van der Waals surface area contributed by atoms with Crippen LogP contribution in [0.15, 0.2) is 55.1 Å². The molecule has 0 amide bonds. The van der Waals surface area contributed by atoms with Gasteiger partial charge in [-0.2, -0.15) is 5.10 Å². The minimum atomic E-state index is 0. The van der Waals surface area contributed by atoms with E-state index in [-0.39, 0.29) is 24.8 Å². The van der Waals surface area contributed by atoms with Crippen LogP contribution in [-0.4, -0.2) is 24.4 Å². The van der Waals surface area contributed by atoms with Crippen LogP contribution in [0.2, 0.25) is 0 Å². The van der Waals surface area contributed by atoms with E-state index in [1.807, 2.05) is 42.0 Å². The lowest BCUT2D eigenvalue weighted by molar-refractivity contribution is 0.768. The van der Waals surface area contributed by atoms with Crippen LogP contribution < -0.4 is 5.73 Å². The predicted molar refractivity (Wildman–Crippen MR) is 103 cm³/mol.